The summed E-state index contributed by atoms with van der Waals surface area (Å²) in [5.74, 6) is 0. The van der Waals surface area contributed by atoms with E-state index in [1.54, 1.807) is 0 Å². The molecule has 3 nitrogen and oxygen atoms in total. The van der Waals surface area contributed by atoms with Crippen LogP contribution < -0.4 is 17.2 Å². The quantitative estimate of drug-likeness (QED) is 0.694. The van der Waals surface area contributed by atoms with Gasteiger partial charge >= 0.3 is 0 Å². The second-order valence-electron chi connectivity index (χ2n) is 3.51. The lowest BCUT2D eigenvalue weighted by Crippen LogP contribution is -1.94. The minimum absolute atomic E-state index is 0. The fourth-order valence-corrected chi connectivity index (χ4v) is 1.07. The molecular weight excluding hydrogens is 258 g/mol. The first kappa shape index (κ1) is 24.2. The third-order valence-corrected chi connectivity index (χ3v) is 1.88. The van der Waals surface area contributed by atoms with E-state index in [9.17, 15) is 0 Å². The summed E-state index contributed by atoms with van der Waals surface area (Å²) >= 11 is 0. The molecule has 0 aliphatic rings. The van der Waals surface area contributed by atoms with Crippen molar-refractivity contribution in [1.29, 1.82) is 0 Å². The predicted octanol–water partition coefficient (Wildman–Crippen LogP) is 4.04. The fourth-order valence-electron chi connectivity index (χ4n) is 1.07. The maximum atomic E-state index is 5.36. The summed E-state index contributed by atoms with van der Waals surface area (Å²) in [5, 5.41) is 0. The van der Waals surface area contributed by atoms with E-state index in [4.69, 9.17) is 17.2 Å². The van der Waals surface area contributed by atoms with Crippen molar-refractivity contribution in [2.45, 2.75) is 34.7 Å². The van der Waals surface area contributed by atoms with Gasteiger partial charge in [0.05, 0.1) is 0 Å². The van der Waals surface area contributed by atoms with Crippen molar-refractivity contribution in [2.24, 2.45) is 11.5 Å². The van der Waals surface area contributed by atoms with Gasteiger partial charge in [0.2, 0.25) is 0 Å². The van der Waals surface area contributed by atoms with E-state index in [1.165, 1.54) is 5.56 Å². The smallest absolute Gasteiger partial charge is 0.0313 e. The topological polar surface area (TPSA) is 78.1 Å². The molecule has 0 saturated carbocycles. The van der Waals surface area contributed by atoms with E-state index in [1.807, 2.05) is 81.4 Å². The summed E-state index contributed by atoms with van der Waals surface area (Å²) < 4.78 is 0. The van der Waals surface area contributed by atoms with E-state index in [2.05, 4.69) is 0 Å². The van der Waals surface area contributed by atoms with Crippen LogP contribution in [0.2, 0.25) is 0 Å². The van der Waals surface area contributed by atoms with E-state index >= 15 is 0 Å². The summed E-state index contributed by atoms with van der Waals surface area (Å²) in [7, 11) is 0. The van der Waals surface area contributed by atoms with Crippen LogP contribution in [0.3, 0.4) is 0 Å². The molecule has 0 amide bonds. The average molecular weight is 291 g/mol. The SMILES string of the molecule is C.CC.CCN.NCc1ccccc1.Nc1ccccc1. The highest BCUT2D eigenvalue weighted by molar-refractivity contribution is 5.35. The van der Waals surface area contributed by atoms with Gasteiger partial charge in [-0.25, -0.2) is 0 Å². The maximum Gasteiger partial charge on any atom is 0.0313 e. The molecule has 21 heavy (non-hydrogen) atoms. The molecule has 3 heteroatoms. The Morgan fingerprint density at radius 1 is 0.762 bits per heavy atom. The van der Waals surface area contributed by atoms with E-state index in [0.29, 0.717) is 6.54 Å². The molecule has 2 aromatic rings. The van der Waals surface area contributed by atoms with Crippen molar-refractivity contribution >= 4 is 5.69 Å². The lowest BCUT2D eigenvalue weighted by Gasteiger charge is -1.90. The Morgan fingerprint density at radius 3 is 1.29 bits per heavy atom. The van der Waals surface area contributed by atoms with E-state index in [0.717, 1.165) is 12.2 Å². The van der Waals surface area contributed by atoms with Gasteiger partial charge in [-0.3, -0.25) is 0 Å². The molecule has 0 unspecified atom stereocenters. The highest BCUT2D eigenvalue weighted by Crippen LogP contribution is 1.96. The highest BCUT2D eigenvalue weighted by atomic mass is 14.5. The highest BCUT2D eigenvalue weighted by Gasteiger charge is 1.80. The minimum Gasteiger partial charge on any atom is -0.399 e. The molecule has 0 atom stereocenters. The van der Waals surface area contributed by atoms with Gasteiger partial charge < -0.3 is 17.2 Å². The first-order chi connectivity index (χ1) is 9.74. The van der Waals surface area contributed by atoms with Crippen LogP contribution in [0, 0.1) is 0 Å². The molecule has 120 valence electrons. The molecule has 0 heterocycles. The Kier molecular flexibility index (Phi) is 23.6. The van der Waals surface area contributed by atoms with Crippen molar-refractivity contribution in [3.63, 3.8) is 0 Å². The number of rotatable bonds is 1. The van der Waals surface area contributed by atoms with Crippen molar-refractivity contribution < 1.29 is 0 Å². The molecule has 0 saturated heterocycles. The molecule has 6 N–H and O–H groups in total. The molecule has 2 rings (SSSR count). The molecule has 2 aromatic carbocycles. The van der Waals surface area contributed by atoms with E-state index in [-0.39, 0.29) is 7.43 Å². The Hall–Kier alpha value is -1.84. The Bertz CT molecular complexity index is 374. The normalized spacial score (nSPS) is 7.48. The molecular formula is C18H33N3. The lowest BCUT2D eigenvalue weighted by molar-refractivity contribution is 1.07. The van der Waals surface area contributed by atoms with Crippen LogP contribution in [-0.2, 0) is 6.54 Å². The van der Waals surface area contributed by atoms with E-state index < -0.39 is 0 Å². The van der Waals surface area contributed by atoms with Gasteiger partial charge in [-0.15, -0.1) is 0 Å². The third kappa shape index (κ3) is 18.2. The Labute approximate surface area is 131 Å². The first-order valence-corrected chi connectivity index (χ1v) is 6.99. The van der Waals surface area contributed by atoms with Gasteiger partial charge in [0.25, 0.3) is 0 Å². The zero-order valence-electron chi connectivity index (χ0n) is 12.9. The average Bonchev–Trinajstić information content (AvgIpc) is 2.52. The molecule has 0 fully saturated rings. The number of nitrogen functional groups attached to an aromatic ring is 1. The van der Waals surface area contributed by atoms with Crippen molar-refractivity contribution in [1.82, 2.24) is 0 Å². The summed E-state index contributed by atoms with van der Waals surface area (Å²) in [6, 6.07) is 19.5. The van der Waals surface area contributed by atoms with Crippen molar-refractivity contribution in [3.05, 3.63) is 66.2 Å². The zero-order valence-corrected chi connectivity index (χ0v) is 12.9. The standard InChI is InChI=1S/C7H9N.C6H7N.C2H7N.C2H6.CH4/c8-6-7-4-2-1-3-5-7;7-6-4-2-1-3-5-6;1-2-3;1-2;/h1-5H,6,8H2;1-5H,7H2;2-3H2,1H3;1-2H3;1H4. The predicted molar refractivity (Wildman–Crippen MR) is 98.0 cm³/mol. The van der Waals surface area contributed by atoms with Crippen LogP contribution in [0.5, 0.6) is 0 Å². The molecule has 0 bridgehead atoms. The second-order valence-corrected chi connectivity index (χ2v) is 3.51. The number of hydrogen-bond donors (Lipinski definition) is 3. The van der Waals surface area contributed by atoms with Gasteiger partial charge in [0.15, 0.2) is 0 Å². The number of hydrogen-bond acceptors (Lipinski definition) is 3. The Balaban J connectivity index is -0.000000230. The van der Waals surface area contributed by atoms with Gasteiger partial charge in [0.1, 0.15) is 0 Å². The Morgan fingerprint density at radius 2 is 1.10 bits per heavy atom. The summed E-state index contributed by atoms with van der Waals surface area (Å²) in [5.41, 5.74) is 17.6. The van der Waals surface area contributed by atoms with Crippen LogP contribution in [0.15, 0.2) is 60.7 Å². The van der Waals surface area contributed by atoms with Crippen LogP contribution >= 0.6 is 0 Å². The number of para-hydroxylation sites is 1. The van der Waals surface area contributed by atoms with Crippen LogP contribution in [0.1, 0.15) is 33.8 Å². The van der Waals surface area contributed by atoms with Crippen molar-refractivity contribution in [3.8, 4) is 0 Å². The zero-order chi connectivity index (χ0) is 15.6. The molecule has 0 aliphatic heterocycles. The number of anilines is 1. The summed E-state index contributed by atoms with van der Waals surface area (Å²) in [6.07, 6.45) is 0. The second kappa shape index (κ2) is 20.5. The van der Waals surface area contributed by atoms with Crippen LogP contribution in [0.25, 0.3) is 0 Å². The number of benzene rings is 2. The van der Waals surface area contributed by atoms with Crippen molar-refractivity contribution in [2.75, 3.05) is 12.3 Å². The van der Waals surface area contributed by atoms with Gasteiger partial charge in [-0.05, 0) is 24.2 Å². The first-order valence-electron chi connectivity index (χ1n) is 6.99. The number of nitrogens with two attached hydrogens (primary N) is 3. The van der Waals surface area contributed by atoms with Gasteiger partial charge in [-0.2, -0.15) is 0 Å². The van der Waals surface area contributed by atoms with Crippen LogP contribution in [-0.4, -0.2) is 6.54 Å². The largest absolute Gasteiger partial charge is 0.399 e. The summed E-state index contributed by atoms with van der Waals surface area (Å²) in [4.78, 5) is 0. The maximum absolute atomic E-state index is 5.36. The van der Waals surface area contributed by atoms with Crippen LogP contribution in [0.4, 0.5) is 5.69 Å². The molecule has 0 spiro atoms. The van der Waals surface area contributed by atoms with Gasteiger partial charge in [0, 0.05) is 12.2 Å². The minimum atomic E-state index is 0. The third-order valence-electron chi connectivity index (χ3n) is 1.88. The monoisotopic (exact) mass is 291 g/mol. The molecule has 0 aliphatic carbocycles. The lowest BCUT2D eigenvalue weighted by atomic mass is 10.2. The summed E-state index contributed by atoms with van der Waals surface area (Å²) in [6.45, 7) is 7.29. The van der Waals surface area contributed by atoms with Gasteiger partial charge in [-0.1, -0.05) is 76.7 Å². The molecule has 0 radical (unpaired) electrons. The fraction of sp³-hybridized carbons (Fsp3) is 0.333. The molecule has 0 aromatic heterocycles.